The van der Waals surface area contributed by atoms with Crippen molar-refractivity contribution in [3.8, 4) is 0 Å². The van der Waals surface area contributed by atoms with Gasteiger partial charge in [0, 0.05) is 9.75 Å². The Morgan fingerprint density at radius 2 is 2.00 bits per heavy atom. The largest absolute Gasteiger partial charge is 0.317 e. The molecular formula is C12H16ClNS. The first kappa shape index (κ1) is 10.1. The second-order valence-electron chi connectivity index (χ2n) is 4.56. The fourth-order valence-corrected chi connectivity index (χ4v) is 4.72. The third-order valence-corrected chi connectivity index (χ3v) is 5.59. The lowest BCUT2D eigenvalue weighted by Gasteiger charge is -2.22. The molecule has 1 aromatic heterocycles. The van der Waals surface area contributed by atoms with Gasteiger partial charge in [-0.3, -0.25) is 0 Å². The molecule has 0 bridgehead atoms. The van der Waals surface area contributed by atoms with Gasteiger partial charge in [-0.25, -0.2) is 0 Å². The average molecular weight is 242 g/mol. The van der Waals surface area contributed by atoms with Crippen LogP contribution in [0.2, 0.25) is 5.02 Å². The monoisotopic (exact) mass is 241 g/mol. The van der Waals surface area contributed by atoms with Crippen LogP contribution in [-0.4, -0.2) is 13.1 Å². The van der Waals surface area contributed by atoms with Crippen LogP contribution < -0.4 is 5.32 Å². The Morgan fingerprint density at radius 1 is 1.20 bits per heavy atom. The molecule has 1 nitrogen and oxygen atoms in total. The maximum absolute atomic E-state index is 6.49. The summed E-state index contributed by atoms with van der Waals surface area (Å²) in [5.74, 6) is 0.731. The van der Waals surface area contributed by atoms with E-state index in [1.807, 2.05) is 11.3 Å². The zero-order valence-corrected chi connectivity index (χ0v) is 10.4. The minimum absolute atomic E-state index is 0.731. The van der Waals surface area contributed by atoms with Gasteiger partial charge in [-0.05, 0) is 56.7 Å². The number of halogens is 1. The number of fused-ring (bicyclic) bond motifs is 1. The SMILES string of the molecule is Clc1c(C2CCNCC2)sc2c1CCC2. The maximum atomic E-state index is 6.49. The van der Waals surface area contributed by atoms with Crippen LogP contribution in [0.1, 0.15) is 40.5 Å². The highest BCUT2D eigenvalue weighted by Crippen LogP contribution is 2.44. The van der Waals surface area contributed by atoms with Gasteiger partial charge in [0.05, 0.1) is 5.02 Å². The Morgan fingerprint density at radius 3 is 2.73 bits per heavy atom. The molecule has 0 radical (unpaired) electrons. The van der Waals surface area contributed by atoms with Crippen molar-refractivity contribution in [1.82, 2.24) is 5.32 Å². The lowest BCUT2D eigenvalue weighted by molar-refractivity contribution is 0.465. The van der Waals surface area contributed by atoms with Crippen molar-refractivity contribution in [2.24, 2.45) is 0 Å². The fourth-order valence-electron chi connectivity index (χ4n) is 2.73. The van der Waals surface area contributed by atoms with Crippen molar-refractivity contribution in [3.63, 3.8) is 0 Å². The molecule has 2 heterocycles. The molecule has 1 N–H and O–H groups in total. The third-order valence-electron chi connectivity index (χ3n) is 3.59. The summed E-state index contributed by atoms with van der Waals surface area (Å²) in [5.41, 5.74) is 1.48. The topological polar surface area (TPSA) is 12.0 Å². The average Bonchev–Trinajstić information content (AvgIpc) is 2.83. The van der Waals surface area contributed by atoms with E-state index in [-0.39, 0.29) is 0 Å². The summed E-state index contributed by atoms with van der Waals surface area (Å²) in [4.78, 5) is 3.07. The first-order chi connectivity index (χ1) is 7.36. The molecule has 82 valence electrons. The Bertz CT molecular complexity index is 366. The molecule has 3 rings (SSSR count). The number of hydrogen-bond acceptors (Lipinski definition) is 2. The summed E-state index contributed by atoms with van der Waals surface area (Å²) < 4.78 is 0. The van der Waals surface area contributed by atoms with Crippen molar-refractivity contribution < 1.29 is 0 Å². The van der Waals surface area contributed by atoms with E-state index in [0.717, 1.165) is 24.0 Å². The number of thiophene rings is 1. The van der Waals surface area contributed by atoms with Crippen molar-refractivity contribution >= 4 is 22.9 Å². The lowest BCUT2D eigenvalue weighted by Crippen LogP contribution is -2.26. The molecule has 0 saturated carbocycles. The van der Waals surface area contributed by atoms with E-state index >= 15 is 0 Å². The number of hydrogen-bond donors (Lipinski definition) is 1. The van der Waals surface area contributed by atoms with Crippen LogP contribution in [0.5, 0.6) is 0 Å². The third kappa shape index (κ3) is 1.73. The van der Waals surface area contributed by atoms with Gasteiger partial charge in [-0.2, -0.15) is 0 Å². The normalized spacial score (nSPS) is 21.9. The zero-order chi connectivity index (χ0) is 10.3. The molecule has 1 saturated heterocycles. The van der Waals surface area contributed by atoms with Gasteiger partial charge in [0.2, 0.25) is 0 Å². The Hall–Kier alpha value is -0.0500. The van der Waals surface area contributed by atoms with Gasteiger partial charge < -0.3 is 5.32 Å². The van der Waals surface area contributed by atoms with E-state index < -0.39 is 0 Å². The molecule has 2 aliphatic rings. The highest BCUT2D eigenvalue weighted by molar-refractivity contribution is 7.13. The maximum Gasteiger partial charge on any atom is 0.0582 e. The van der Waals surface area contributed by atoms with Crippen LogP contribution in [-0.2, 0) is 12.8 Å². The zero-order valence-electron chi connectivity index (χ0n) is 8.81. The van der Waals surface area contributed by atoms with Crippen molar-refractivity contribution in [1.29, 1.82) is 0 Å². The van der Waals surface area contributed by atoms with E-state index in [0.29, 0.717) is 0 Å². The molecule has 0 unspecified atom stereocenters. The minimum atomic E-state index is 0.731. The van der Waals surface area contributed by atoms with Crippen LogP contribution >= 0.6 is 22.9 Å². The molecule has 0 spiro atoms. The van der Waals surface area contributed by atoms with Gasteiger partial charge in [0.15, 0.2) is 0 Å². The van der Waals surface area contributed by atoms with Crippen LogP contribution in [0.15, 0.2) is 0 Å². The molecule has 1 aliphatic carbocycles. The fraction of sp³-hybridized carbons (Fsp3) is 0.667. The van der Waals surface area contributed by atoms with Crippen molar-refractivity contribution in [2.75, 3.05) is 13.1 Å². The molecule has 0 amide bonds. The molecule has 15 heavy (non-hydrogen) atoms. The molecule has 1 aromatic rings. The van der Waals surface area contributed by atoms with Crippen LogP contribution in [0.3, 0.4) is 0 Å². The predicted octanol–water partition coefficient (Wildman–Crippen LogP) is 3.36. The quantitative estimate of drug-likeness (QED) is 0.795. The summed E-state index contributed by atoms with van der Waals surface area (Å²) in [6.07, 6.45) is 6.33. The highest BCUT2D eigenvalue weighted by atomic mass is 35.5. The van der Waals surface area contributed by atoms with E-state index in [2.05, 4.69) is 5.32 Å². The van der Waals surface area contributed by atoms with E-state index in [9.17, 15) is 0 Å². The standard InChI is InChI=1S/C12H16ClNS/c13-11-9-2-1-3-10(9)15-12(11)8-4-6-14-7-5-8/h8,14H,1-7H2. The second-order valence-corrected chi connectivity index (χ2v) is 6.07. The van der Waals surface area contributed by atoms with E-state index in [1.54, 1.807) is 4.88 Å². The number of aryl methyl sites for hydroxylation is 1. The summed E-state index contributed by atoms with van der Waals surface area (Å²) >= 11 is 8.49. The van der Waals surface area contributed by atoms with E-state index in [4.69, 9.17) is 11.6 Å². The van der Waals surface area contributed by atoms with Gasteiger partial charge in [-0.1, -0.05) is 11.6 Å². The summed E-state index contributed by atoms with van der Waals surface area (Å²) in [5, 5.41) is 4.54. The lowest BCUT2D eigenvalue weighted by atomic mass is 9.96. The smallest absolute Gasteiger partial charge is 0.0582 e. The summed E-state index contributed by atoms with van der Waals surface area (Å²) in [6, 6.07) is 0. The van der Waals surface area contributed by atoms with Crippen LogP contribution in [0.4, 0.5) is 0 Å². The molecular weight excluding hydrogens is 226 g/mol. The first-order valence-electron chi connectivity index (χ1n) is 5.87. The van der Waals surface area contributed by atoms with Crippen LogP contribution in [0, 0.1) is 0 Å². The number of piperidine rings is 1. The Labute approximate surface area is 99.8 Å². The molecule has 3 heteroatoms. The number of rotatable bonds is 1. The molecule has 0 atom stereocenters. The number of nitrogens with one attached hydrogen (secondary N) is 1. The Balaban J connectivity index is 1.91. The van der Waals surface area contributed by atoms with Gasteiger partial charge in [0.25, 0.3) is 0 Å². The molecule has 0 aromatic carbocycles. The van der Waals surface area contributed by atoms with Crippen molar-refractivity contribution in [2.45, 2.75) is 38.0 Å². The minimum Gasteiger partial charge on any atom is -0.317 e. The predicted molar refractivity (Wildman–Crippen MR) is 66.2 cm³/mol. The van der Waals surface area contributed by atoms with Gasteiger partial charge in [-0.15, -0.1) is 11.3 Å². The van der Waals surface area contributed by atoms with Gasteiger partial charge in [0.1, 0.15) is 0 Å². The second kappa shape index (κ2) is 4.08. The molecule has 1 aliphatic heterocycles. The summed E-state index contributed by atoms with van der Waals surface area (Å²) in [7, 11) is 0. The van der Waals surface area contributed by atoms with Crippen LogP contribution in [0.25, 0.3) is 0 Å². The van der Waals surface area contributed by atoms with Gasteiger partial charge >= 0.3 is 0 Å². The summed E-state index contributed by atoms with van der Waals surface area (Å²) in [6.45, 7) is 2.31. The highest BCUT2D eigenvalue weighted by Gasteiger charge is 2.26. The Kier molecular flexibility index (Phi) is 2.75. The molecule has 1 fully saturated rings. The first-order valence-corrected chi connectivity index (χ1v) is 7.06. The van der Waals surface area contributed by atoms with Crippen molar-refractivity contribution in [3.05, 3.63) is 20.3 Å². The van der Waals surface area contributed by atoms with E-state index in [1.165, 1.54) is 42.5 Å².